The van der Waals surface area contributed by atoms with E-state index in [1.54, 1.807) is 25.1 Å². The van der Waals surface area contributed by atoms with Crippen LogP contribution in [0.15, 0.2) is 12.1 Å². The van der Waals surface area contributed by atoms with Crippen molar-refractivity contribution in [2.75, 3.05) is 19.0 Å². The van der Waals surface area contributed by atoms with E-state index in [0.717, 1.165) is 5.56 Å². The Morgan fingerprint density at radius 1 is 1.42 bits per heavy atom. The van der Waals surface area contributed by atoms with Gasteiger partial charge in [-0.25, -0.2) is 0 Å². The topological polar surface area (TPSA) is 91.2 Å². The maximum atomic E-state index is 11.6. The number of aryl methyl sites for hydroxylation is 1. The molecule has 0 aliphatic rings. The molecule has 0 aromatic heterocycles. The van der Waals surface area contributed by atoms with Crippen molar-refractivity contribution >= 4 is 29.1 Å². The summed E-state index contributed by atoms with van der Waals surface area (Å²) in [4.78, 5) is 22.9. The third kappa shape index (κ3) is 3.86. The van der Waals surface area contributed by atoms with Crippen molar-refractivity contribution in [1.29, 1.82) is 5.26 Å². The Kier molecular flexibility index (Phi) is 5.15. The smallest absolute Gasteiger partial charge is 0.313 e. The molecule has 6 nitrogen and oxygen atoms in total. The Bertz CT molecular complexity index is 552. The maximum Gasteiger partial charge on any atom is 0.313 e. The minimum absolute atomic E-state index is 0.233. The van der Waals surface area contributed by atoms with E-state index in [-0.39, 0.29) is 6.54 Å². The lowest BCUT2D eigenvalue weighted by atomic mass is 10.2. The summed E-state index contributed by atoms with van der Waals surface area (Å²) in [6.07, 6.45) is 0. The Labute approximate surface area is 115 Å². The molecular formula is C12H12ClN3O3. The largest absolute Gasteiger partial charge is 0.495 e. The number of amides is 2. The van der Waals surface area contributed by atoms with Gasteiger partial charge in [0.1, 0.15) is 12.3 Å². The second-order valence-electron chi connectivity index (χ2n) is 3.60. The lowest BCUT2D eigenvalue weighted by Gasteiger charge is -2.11. The highest BCUT2D eigenvalue weighted by molar-refractivity contribution is 6.40. The zero-order valence-corrected chi connectivity index (χ0v) is 11.2. The van der Waals surface area contributed by atoms with Crippen molar-refractivity contribution in [3.05, 3.63) is 22.7 Å². The first-order valence-corrected chi connectivity index (χ1v) is 5.67. The number of nitrogens with zero attached hydrogens (tertiary/aromatic N) is 1. The second-order valence-corrected chi connectivity index (χ2v) is 4.00. The quantitative estimate of drug-likeness (QED) is 0.644. The van der Waals surface area contributed by atoms with Gasteiger partial charge >= 0.3 is 11.8 Å². The van der Waals surface area contributed by atoms with Crippen LogP contribution in [-0.4, -0.2) is 25.5 Å². The van der Waals surface area contributed by atoms with Crippen LogP contribution in [0.3, 0.4) is 0 Å². The molecule has 100 valence electrons. The highest BCUT2D eigenvalue weighted by atomic mass is 35.5. The van der Waals surface area contributed by atoms with Crippen molar-refractivity contribution in [2.24, 2.45) is 0 Å². The van der Waals surface area contributed by atoms with Gasteiger partial charge < -0.3 is 15.4 Å². The predicted molar refractivity (Wildman–Crippen MR) is 70.0 cm³/mol. The molecule has 0 saturated heterocycles. The number of carbonyl (C=O) groups is 2. The second kappa shape index (κ2) is 6.61. The average molecular weight is 282 g/mol. The number of nitrogens with one attached hydrogen (secondary N) is 2. The molecule has 0 fully saturated rings. The summed E-state index contributed by atoms with van der Waals surface area (Å²) in [6.45, 7) is 1.52. The number of benzene rings is 1. The van der Waals surface area contributed by atoms with Gasteiger partial charge in [0.15, 0.2) is 0 Å². The van der Waals surface area contributed by atoms with Gasteiger partial charge in [-0.1, -0.05) is 11.6 Å². The molecule has 0 saturated carbocycles. The lowest BCUT2D eigenvalue weighted by molar-refractivity contribution is -0.136. The van der Waals surface area contributed by atoms with Crippen LogP contribution >= 0.6 is 11.6 Å². The van der Waals surface area contributed by atoms with Gasteiger partial charge in [0.25, 0.3) is 0 Å². The zero-order chi connectivity index (χ0) is 14.4. The summed E-state index contributed by atoms with van der Waals surface area (Å²) < 4.78 is 5.06. The molecule has 1 aromatic carbocycles. The number of nitriles is 1. The maximum absolute atomic E-state index is 11.6. The Hall–Kier alpha value is -2.26. The molecular weight excluding hydrogens is 270 g/mol. The third-order valence-electron chi connectivity index (χ3n) is 2.26. The van der Waals surface area contributed by atoms with Crippen molar-refractivity contribution in [3.63, 3.8) is 0 Å². The van der Waals surface area contributed by atoms with Crippen molar-refractivity contribution in [2.45, 2.75) is 6.92 Å². The molecule has 0 unspecified atom stereocenters. The summed E-state index contributed by atoms with van der Waals surface area (Å²) in [7, 11) is 1.42. The molecule has 19 heavy (non-hydrogen) atoms. The molecule has 0 atom stereocenters. The van der Waals surface area contributed by atoms with Gasteiger partial charge in [-0.05, 0) is 18.6 Å². The molecule has 2 N–H and O–H groups in total. The van der Waals surface area contributed by atoms with E-state index < -0.39 is 11.8 Å². The normalized spacial score (nSPS) is 9.37. The van der Waals surface area contributed by atoms with E-state index in [1.807, 2.05) is 0 Å². The fourth-order valence-corrected chi connectivity index (χ4v) is 1.46. The summed E-state index contributed by atoms with van der Waals surface area (Å²) in [5.41, 5.74) is 1.07. The van der Waals surface area contributed by atoms with E-state index in [1.165, 1.54) is 7.11 Å². The van der Waals surface area contributed by atoms with E-state index in [4.69, 9.17) is 21.6 Å². The number of hydrogen-bond donors (Lipinski definition) is 2. The third-order valence-corrected chi connectivity index (χ3v) is 2.67. The predicted octanol–water partition coefficient (Wildman–Crippen LogP) is 1.24. The van der Waals surface area contributed by atoms with Crippen LogP contribution in [0.2, 0.25) is 5.02 Å². The summed E-state index contributed by atoms with van der Waals surface area (Å²) in [6, 6.07) is 4.84. The number of hydrogen-bond acceptors (Lipinski definition) is 4. The highest BCUT2D eigenvalue weighted by Crippen LogP contribution is 2.30. The van der Waals surface area contributed by atoms with Crippen LogP contribution in [0.1, 0.15) is 5.56 Å². The number of halogens is 1. The number of ether oxygens (including phenoxy) is 1. The van der Waals surface area contributed by atoms with E-state index >= 15 is 0 Å². The van der Waals surface area contributed by atoms with Crippen molar-refractivity contribution in [1.82, 2.24) is 5.32 Å². The summed E-state index contributed by atoms with van der Waals surface area (Å²) in [5.74, 6) is -1.43. The minimum Gasteiger partial charge on any atom is -0.495 e. The van der Waals surface area contributed by atoms with Crippen LogP contribution in [0.5, 0.6) is 5.75 Å². The Morgan fingerprint density at radius 2 is 2.11 bits per heavy atom. The number of methoxy groups -OCH3 is 1. The lowest BCUT2D eigenvalue weighted by Crippen LogP contribution is -2.35. The number of rotatable bonds is 3. The molecule has 1 aromatic rings. The fraction of sp³-hybridized carbons (Fsp3) is 0.250. The zero-order valence-electron chi connectivity index (χ0n) is 10.4. The molecule has 2 amide bonds. The number of anilines is 1. The SMILES string of the molecule is COc1cc(Cl)c(C)cc1NC(=O)C(=O)NCC#N. The van der Waals surface area contributed by atoms with Crippen LogP contribution in [0.25, 0.3) is 0 Å². The molecule has 0 bridgehead atoms. The van der Waals surface area contributed by atoms with Gasteiger partial charge in [-0.3, -0.25) is 9.59 Å². The van der Waals surface area contributed by atoms with E-state index in [9.17, 15) is 9.59 Å². The van der Waals surface area contributed by atoms with Gasteiger partial charge in [0.05, 0.1) is 18.9 Å². The highest BCUT2D eigenvalue weighted by Gasteiger charge is 2.16. The summed E-state index contributed by atoms with van der Waals surface area (Å²) >= 11 is 5.92. The van der Waals surface area contributed by atoms with Crippen molar-refractivity contribution < 1.29 is 14.3 Å². The van der Waals surface area contributed by atoms with Gasteiger partial charge in [-0.2, -0.15) is 5.26 Å². The molecule has 0 heterocycles. The van der Waals surface area contributed by atoms with Gasteiger partial charge in [0.2, 0.25) is 0 Å². The van der Waals surface area contributed by atoms with Crippen molar-refractivity contribution in [3.8, 4) is 11.8 Å². The first-order chi connectivity index (χ1) is 8.99. The van der Waals surface area contributed by atoms with E-state index in [2.05, 4.69) is 10.6 Å². The summed E-state index contributed by atoms with van der Waals surface area (Å²) in [5, 5.41) is 13.3. The molecule has 7 heteroatoms. The first kappa shape index (κ1) is 14.8. The molecule has 1 rings (SSSR count). The minimum atomic E-state index is -0.892. The fourth-order valence-electron chi connectivity index (χ4n) is 1.31. The van der Waals surface area contributed by atoms with E-state index in [0.29, 0.717) is 16.5 Å². The molecule has 0 aliphatic carbocycles. The molecule has 0 radical (unpaired) electrons. The van der Waals surface area contributed by atoms with Gasteiger partial charge in [0, 0.05) is 11.1 Å². The Balaban J connectivity index is 2.87. The number of carbonyl (C=O) groups excluding carboxylic acids is 2. The monoisotopic (exact) mass is 281 g/mol. The van der Waals surface area contributed by atoms with Crippen LogP contribution < -0.4 is 15.4 Å². The van der Waals surface area contributed by atoms with Crippen LogP contribution in [0.4, 0.5) is 5.69 Å². The average Bonchev–Trinajstić information content (AvgIpc) is 2.39. The van der Waals surface area contributed by atoms with Gasteiger partial charge in [-0.15, -0.1) is 0 Å². The molecule has 0 aliphatic heterocycles. The molecule has 0 spiro atoms. The van der Waals surface area contributed by atoms with Crippen LogP contribution in [0, 0.1) is 18.3 Å². The Morgan fingerprint density at radius 3 is 2.68 bits per heavy atom. The van der Waals surface area contributed by atoms with Crippen LogP contribution in [-0.2, 0) is 9.59 Å². The standard InChI is InChI=1S/C12H12ClN3O3/c1-7-5-9(10(19-2)6-8(7)13)16-12(18)11(17)15-4-3-14/h5-6H,4H2,1-2H3,(H,15,17)(H,16,18). The first-order valence-electron chi connectivity index (χ1n) is 5.30.